The van der Waals surface area contributed by atoms with Crippen LogP contribution < -0.4 is 16.0 Å². The molecule has 59 heavy (non-hydrogen) atoms. The first kappa shape index (κ1) is 46.1. The fourth-order valence-electron chi connectivity index (χ4n) is 6.13. The zero-order valence-corrected chi connectivity index (χ0v) is 34.3. The summed E-state index contributed by atoms with van der Waals surface area (Å²) in [6, 6.07) is 11.8. The highest BCUT2D eigenvalue weighted by Gasteiger charge is 2.31. The largest absolute Gasteiger partial charge is 0.481 e. The van der Waals surface area contributed by atoms with Gasteiger partial charge in [-0.25, -0.2) is 9.78 Å². The zero-order valence-electron chi connectivity index (χ0n) is 34.3. The number of carbonyl (C=O) groups is 6. The maximum absolute atomic E-state index is 13.4. The summed E-state index contributed by atoms with van der Waals surface area (Å²) in [7, 11) is 1.69. The van der Waals surface area contributed by atoms with Gasteiger partial charge in [0.1, 0.15) is 17.5 Å². The number of fused-ring (bicyclic) bond motifs is 2. The molecule has 0 unspecified atom stereocenters. The van der Waals surface area contributed by atoms with Crippen molar-refractivity contribution in [2.75, 3.05) is 65.1 Å². The van der Waals surface area contributed by atoms with Gasteiger partial charge >= 0.3 is 12.1 Å². The number of carboxylic acids is 1. The molecule has 2 aromatic carbocycles. The van der Waals surface area contributed by atoms with Crippen molar-refractivity contribution in [1.82, 2.24) is 30.4 Å². The smallest absolute Gasteiger partial charge is 0.414 e. The van der Waals surface area contributed by atoms with E-state index in [-0.39, 0.29) is 43.7 Å². The van der Waals surface area contributed by atoms with Gasteiger partial charge in [-0.05, 0) is 75.9 Å². The number of nitrogens with one attached hydrogen (secondary N) is 4. The molecule has 2 heterocycles. The van der Waals surface area contributed by atoms with Crippen molar-refractivity contribution in [2.45, 2.75) is 84.0 Å². The summed E-state index contributed by atoms with van der Waals surface area (Å²) in [6.45, 7) is 8.49. The number of para-hydroxylation sites is 2. The van der Waals surface area contributed by atoms with E-state index in [1.165, 1.54) is 0 Å². The molecule has 0 saturated heterocycles. The summed E-state index contributed by atoms with van der Waals surface area (Å²) in [5.41, 5.74) is 2.72. The lowest BCUT2D eigenvalue weighted by Crippen LogP contribution is -2.42. The van der Waals surface area contributed by atoms with Crippen molar-refractivity contribution in [1.29, 1.82) is 0 Å². The second-order valence-electron chi connectivity index (χ2n) is 15.1. The third kappa shape index (κ3) is 16.3. The molecule has 5 amide bonds. The third-order valence-electron chi connectivity index (χ3n) is 8.90. The molecule has 1 aromatic heterocycles. The molecule has 4 rings (SSSR count). The van der Waals surface area contributed by atoms with Gasteiger partial charge in [-0.1, -0.05) is 12.1 Å². The molecular weight excluding hydrogens is 766 g/mol. The highest BCUT2D eigenvalue weighted by molar-refractivity contribution is 5.96. The van der Waals surface area contributed by atoms with Gasteiger partial charge in [-0.2, -0.15) is 0 Å². The van der Waals surface area contributed by atoms with E-state index in [4.69, 9.17) is 18.9 Å². The first-order valence-corrected chi connectivity index (χ1v) is 19.8. The summed E-state index contributed by atoms with van der Waals surface area (Å²) in [5, 5.41) is 17.5. The molecular formula is C41H57N7O11. The minimum absolute atomic E-state index is 0.0300. The SMILES string of the molecule is CN(Cc1nc2ccccc2[nH]1)C(=O)c1ccc2c(c1)CN(CCCOCCOCCOCCCNC(=O)CCCC(=O)NC(=O)OC(C)(C)C)C(=O)[C@H](CC(=O)O)N2. The number of aromatic nitrogens is 2. The van der Waals surface area contributed by atoms with Crippen molar-refractivity contribution in [3.63, 3.8) is 0 Å². The minimum Gasteiger partial charge on any atom is -0.481 e. The molecule has 18 heteroatoms. The fourth-order valence-corrected chi connectivity index (χ4v) is 6.13. The third-order valence-corrected chi connectivity index (χ3v) is 8.90. The number of H-pyrrole nitrogens is 1. The van der Waals surface area contributed by atoms with Crippen LogP contribution in [0.4, 0.5) is 10.5 Å². The molecule has 0 spiro atoms. The quantitative estimate of drug-likeness (QED) is 0.0863. The molecule has 0 saturated carbocycles. The van der Waals surface area contributed by atoms with Crippen LogP contribution in [-0.4, -0.2) is 132 Å². The van der Waals surface area contributed by atoms with Crippen LogP contribution in [0.3, 0.4) is 0 Å². The number of nitrogens with zero attached hydrogens (tertiary/aromatic N) is 3. The molecule has 5 N–H and O–H groups in total. The van der Waals surface area contributed by atoms with Crippen LogP contribution in [0.2, 0.25) is 0 Å². The number of imidazole rings is 1. The predicted molar refractivity (Wildman–Crippen MR) is 216 cm³/mol. The number of ether oxygens (including phenoxy) is 4. The van der Waals surface area contributed by atoms with Crippen LogP contribution in [0.25, 0.3) is 11.0 Å². The molecule has 1 aliphatic rings. The lowest BCUT2D eigenvalue weighted by Gasteiger charge is -2.24. The molecule has 0 radical (unpaired) electrons. The highest BCUT2D eigenvalue weighted by atomic mass is 16.6. The standard InChI is InChI=1S/C41H57N7O11/c1-41(2,3)59-40(55)46-36(50)13-7-12-35(49)42-16-8-18-56-20-22-58-23-21-57-19-9-17-48-26-29-24-28(14-15-30(29)43-33(39(48)54)25-37(51)52)38(53)47(4)27-34-44-31-10-5-6-11-32(31)45-34/h5-6,10-11,14-15,24,33,43H,7-9,12-13,16-23,25-27H2,1-4H3,(H,42,49)(H,44,45)(H,51,52)(H,46,50,55)/t33-/m0/s1. The summed E-state index contributed by atoms with van der Waals surface area (Å²) in [4.78, 5) is 84.9. The van der Waals surface area contributed by atoms with E-state index in [1.807, 2.05) is 24.3 Å². The van der Waals surface area contributed by atoms with Crippen molar-refractivity contribution < 1.29 is 52.8 Å². The number of aromatic amines is 1. The number of imide groups is 1. The number of amides is 5. The van der Waals surface area contributed by atoms with E-state index in [9.17, 15) is 33.9 Å². The number of alkyl carbamates (subject to hydrolysis) is 1. The van der Waals surface area contributed by atoms with E-state index in [1.54, 1.807) is 55.8 Å². The minimum atomic E-state index is -1.10. The van der Waals surface area contributed by atoms with Gasteiger partial charge in [0.05, 0.1) is 50.4 Å². The molecule has 322 valence electrons. The highest BCUT2D eigenvalue weighted by Crippen LogP contribution is 2.26. The monoisotopic (exact) mass is 823 g/mol. The van der Waals surface area contributed by atoms with Gasteiger partial charge in [0, 0.05) is 64.0 Å². The number of anilines is 1. The van der Waals surface area contributed by atoms with Crippen LogP contribution in [-0.2, 0) is 51.2 Å². The van der Waals surface area contributed by atoms with Crippen LogP contribution in [0, 0.1) is 0 Å². The summed E-state index contributed by atoms with van der Waals surface area (Å²) in [6.07, 6.45) is 0.387. The maximum Gasteiger partial charge on any atom is 0.414 e. The molecule has 18 nitrogen and oxygen atoms in total. The van der Waals surface area contributed by atoms with Gasteiger partial charge in [-0.3, -0.25) is 29.3 Å². The summed E-state index contributed by atoms with van der Waals surface area (Å²) >= 11 is 0. The first-order valence-electron chi connectivity index (χ1n) is 19.8. The van der Waals surface area contributed by atoms with E-state index >= 15 is 0 Å². The van der Waals surface area contributed by atoms with E-state index in [0.717, 1.165) is 11.0 Å². The Bertz CT molecular complexity index is 1860. The van der Waals surface area contributed by atoms with E-state index < -0.39 is 36.0 Å². The number of hydrogen-bond acceptors (Lipinski definition) is 12. The first-order chi connectivity index (χ1) is 28.2. The number of carbonyl (C=O) groups excluding carboxylic acids is 5. The average Bonchev–Trinajstić information content (AvgIpc) is 3.53. The van der Waals surface area contributed by atoms with Crippen LogP contribution in [0.15, 0.2) is 42.5 Å². The predicted octanol–water partition coefficient (Wildman–Crippen LogP) is 3.60. The Labute approximate surface area is 343 Å². The van der Waals surface area contributed by atoms with Gasteiger partial charge in [0.25, 0.3) is 5.91 Å². The Balaban J connectivity index is 1.08. The van der Waals surface area contributed by atoms with Crippen LogP contribution in [0.1, 0.15) is 81.0 Å². The number of carboxylic acid groups (broad SMARTS) is 1. The number of rotatable bonds is 23. The normalized spacial score (nSPS) is 13.9. The molecule has 3 aromatic rings. The molecule has 1 aliphatic heterocycles. The number of benzene rings is 2. The van der Waals surface area contributed by atoms with Crippen molar-refractivity contribution in [3.05, 3.63) is 59.4 Å². The molecule has 0 bridgehead atoms. The Kier molecular flexibility index (Phi) is 18.1. The lowest BCUT2D eigenvalue weighted by atomic mass is 10.1. The summed E-state index contributed by atoms with van der Waals surface area (Å²) in [5.74, 6) is -1.71. The number of hydrogen-bond donors (Lipinski definition) is 5. The van der Waals surface area contributed by atoms with Gasteiger partial charge in [0.15, 0.2) is 0 Å². The summed E-state index contributed by atoms with van der Waals surface area (Å²) < 4.78 is 21.8. The van der Waals surface area contributed by atoms with E-state index in [2.05, 4.69) is 25.9 Å². The Hall–Kier alpha value is -5.59. The van der Waals surface area contributed by atoms with Crippen molar-refractivity contribution in [2.24, 2.45) is 0 Å². The second kappa shape index (κ2) is 23.1. The van der Waals surface area contributed by atoms with Crippen molar-refractivity contribution in [3.8, 4) is 0 Å². The Morgan fingerprint density at radius 1 is 0.915 bits per heavy atom. The average molecular weight is 824 g/mol. The van der Waals surface area contributed by atoms with Gasteiger partial charge in [-0.15, -0.1) is 0 Å². The zero-order chi connectivity index (χ0) is 42.8. The molecule has 0 fully saturated rings. The molecule has 0 aliphatic carbocycles. The van der Waals surface area contributed by atoms with Crippen LogP contribution >= 0.6 is 0 Å². The Morgan fingerprint density at radius 3 is 2.29 bits per heavy atom. The van der Waals surface area contributed by atoms with Gasteiger partial charge in [0.2, 0.25) is 17.7 Å². The topological polar surface area (TPSA) is 231 Å². The van der Waals surface area contributed by atoms with Crippen molar-refractivity contribution >= 4 is 52.4 Å². The van der Waals surface area contributed by atoms with Gasteiger partial charge < -0.3 is 49.5 Å². The lowest BCUT2D eigenvalue weighted by molar-refractivity contribution is -0.141. The van der Waals surface area contributed by atoms with E-state index in [0.29, 0.717) is 94.6 Å². The Morgan fingerprint density at radius 2 is 1.59 bits per heavy atom. The van der Waals surface area contributed by atoms with Crippen LogP contribution in [0.5, 0.6) is 0 Å². The fraction of sp³-hybridized carbons (Fsp3) is 0.537. The molecule has 1 atom stereocenters. The maximum atomic E-state index is 13.4. The number of aliphatic carboxylic acids is 1. The second-order valence-corrected chi connectivity index (χ2v) is 15.1.